The summed E-state index contributed by atoms with van der Waals surface area (Å²) in [6.07, 6.45) is 3.65. The number of methoxy groups -OCH3 is 1. The largest absolute Gasteiger partial charge is 0.496 e. The van der Waals surface area contributed by atoms with Crippen LogP contribution in [0.25, 0.3) is 0 Å². The van der Waals surface area contributed by atoms with Gasteiger partial charge in [-0.25, -0.2) is 0 Å². The fourth-order valence-electron chi connectivity index (χ4n) is 1.75. The van der Waals surface area contributed by atoms with Crippen molar-refractivity contribution in [3.8, 4) is 5.75 Å². The van der Waals surface area contributed by atoms with E-state index in [-0.39, 0.29) is 10.9 Å². The van der Waals surface area contributed by atoms with Gasteiger partial charge >= 0.3 is 5.97 Å². The molecule has 0 spiro atoms. The molecule has 1 aromatic rings. The van der Waals surface area contributed by atoms with Crippen LogP contribution in [0.2, 0.25) is 0 Å². The van der Waals surface area contributed by atoms with Gasteiger partial charge in [-0.2, -0.15) is 0 Å². The van der Waals surface area contributed by atoms with E-state index in [0.717, 1.165) is 23.7 Å². The predicted molar refractivity (Wildman–Crippen MR) is 79.9 cm³/mol. The van der Waals surface area contributed by atoms with Crippen molar-refractivity contribution in [2.75, 3.05) is 24.9 Å². The lowest BCUT2D eigenvalue weighted by molar-refractivity contribution is -0.138. The van der Waals surface area contributed by atoms with Crippen molar-refractivity contribution in [3.05, 3.63) is 29.8 Å². The average Bonchev–Trinajstić information content (AvgIpc) is 2.42. The van der Waals surface area contributed by atoms with Gasteiger partial charge in [-0.05, 0) is 22.5 Å². The van der Waals surface area contributed by atoms with Crippen molar-refractivity contribution in [3.63, 3.8) is 0 Å². The first-order chi connectivity index (χ1) is 9.04. The molecule has 2 atom stereocenters. The fraction of sp³-hybridized carbons (Fsp3) is 0.500. The number of carbonyl (C=O) groups is 1. The third kappa shape index (κ3) is 5.53. The van der Waals surface area contributed by atoms with Gasteiger partial charge in [0.25, 0.3) is 0 Å². The zero-order valence-corrected chi connectivity index (χ0v) is 12.3. The van der Waals surface area contributed by atoms with Crippen molar-refractivity contribution in [1.29, 1.82) is 0 Å². The van der Waals surface area contributed by atoms with Crippen molar-refractivity contribution >= 4 is 16.9 Å². The fourth-order valence-corrected chi connectivity index (χ4v) is 3.18. The Morgan fingerprint density at radius 2 is 2.11 bits per heavy atom. The molecule has 5 heteroatoms. The quantitative estimate of drug-likeness (QED) is 0.706. The summed E-state index contributed by atoms with van der Waals surface area (Å²) >= 11 is 0. The lowest BCUT2D eigenvalue weighted by atomic mass is 10.1. The van der Waals surface area contributed by atoms with Crippen molar-refractivity contribution in [2.45, 2.75) is 18.9 Å². The van der Waals surface area contributed by atoms with Crippen LogP contribution in [0.3, 0.4) is 0 Å². The summed E-state index contributed by atoms with van der Waals surface area (Å²) in [6, 6.07) is 7.26. The van der Waals surface area contributed by atoms with Crippen LogP contribution in [0.4, 0.5) is 0 Å². The number of hydrogen-bond donors (Lipinski definition) is 2. The number of carboxylic acid groups (broad SMARTS) is 1. The average molecular weight is 284 g/mol. The van der Waals surface area contributed by atoms with Gasteiger partial charge in [0.1, 0.15) is 23.3 Å². The standard InChI is InChI=1S/C14H21NO3S/c1-18-13-6-4-3-5-11(13)7-9-19(2)10-8-12(15)14(16)17/h3-6,12H,7-10,15H2,1-2H3/p+1. The highest BCUT2D eigenvalue weighted by Gasteiger charge is 2.18. The molecule has 0 amide bonds. The summed E-state index contributed by atoms with van der Waals surface area (Å²) in [5.74, 6) is 1.90. The second-order valence-electron chi connectivity index (χ2n) is 4.48. The highest BCUT2D eigenvalue weighted by Crippen LogP contribution is 2.18. The van der Waals surface area contributed by atoms with E-state index in [9.17, 15) is 4.79 Å². The van der Waals surface area contributed by atoms with E-state index in [0.29, 0.717) is 6.42 Å². The number of ether oxygens (including phenoxy) is 1. The highest BCUT2D eigenvalue weighted by molar-refractivity contribution is 7.96. The van der Waals surface area contributed by atoms with Gasteiger partial charge < -0.3 is 15.6 Å². The Morgan fingerprint density at radius 1 is 1.42 bits per heavy atom. The van der Waals surface area contributed by atoms with Crippen molar-refractivity contribution in [1.82, 2.24) is 0 Å². The van der Waals surface area contributed by atoms with Crippen LogP contribution in [-0.2, 0) is 22.1 Å². The van der Waals surface area contributed by atoms with Crippen LogP contribution in [-0.4, -0.2) is 42.0 Å². The summed E-state index contributed by atoms with van der Waals surface area (Å²) < 4.78 is 5.31. The maximum atomic E-state index is 10.6. The molecule has 4 nitrogen and oxygen atoms in total. The van der Waals surface area contributed by atoms with Crippen LogP contribution in [0.15, 0.2) is 24.3 Å². The van der Waals surface area contributed by atoms with Crippen molar-refractivity contribution < 1.29 is 14.6 Å². The molecule has 0 bridgehead atoms. The molecule has 2 unspecified atom stereocenters. The lowest BCUT2D eigenvalue weighted by Gasteiger charge is -2.09. The zero-order chi connectivity index (χ0) is 14.3. The Morgan fingerprint density at radius 3 is 2.74 bits per heavy atom. The van der Waals surface area contributed by atoms with Gasteiger partial charge in [0.05, 0.1) is 13.4 Å². The first-order valence-electron chi connectivity index (χ1n) is 6.24. The highest BCUT2D eigenvalue weighted by atomic mass is 32.2. The van der Waals surface area contributed by atoms with E-state index >= 15 is 0 Å². The number of rotatable bonds is 8. The molecular formula is C14H22NO3S+. The van der Waals surface area contributed by atoms with Crippen LogP contribution in [0.1, 0.15) is 12.0 Å². The minimum atomic E-state index is -0.915. The number of nitrogens with two attached hydrogens (primary N) is 1. The minimum absolute atomic E-state index is 0.183. The Labute approximate surface area is 117 Å². The molecule has 0 aliphatic heterocycles. The Hall–Kier alpha value is -1.20. The molecule has 106 valence electrons. The molecule has 0 saturated heterocycles. The van der Waals surface area contributed by atoms with E-state index in [4.69, 9.17) is 15.6 Å². The summed E-state index contributed by atoms with van der Waals surface area (Å²) in [5.41, 5.74) is 6.70. The van der Waals surface area contributed by atoms with Crippen LogP contribution >= 0.6 is 0 Å². The van der Waals surface area contributed by atoms with E-state index in [2.05, 4.69) is 12.3 Å². The van der Waals surface area contributed by atoms with Gasteiger partial charge in [0.15, 0.2) is 0 Å². The molecule has 1 rings (SSSR count). The molecule has 3 N–H and O–H groups in total. The number of para-hydroxylation sites is 1. The van der Waals surface area contributed by atoms with E-state index in [1.165, 1.54) is 5.56 Å². The Balaban J connectivity index is 2.37. The molecule has 0 heterocycles. The molecule has 0 saturated carbocycles. The lowest BCUT2D eigenvalue weighted by Crippen LogP contribution is -2.32. The Kier molecular flexibility index (Phi) is 6.73. The zero-order valence-electron chi connectivity index (χ0n) is 11.5. The smallest absolute Gasteiger partial charge is 0.320 e. The molecular weight excluding hydrogens is 262 g/mol. The number of hydrogen-bond acceptors (Lipinski definition) is 3. The number of aliphatic carboxylic acids is 1. The van der Waals surface area contributed by atoms with Gasteiger partial charge in [0, 0.05) is 12.8 Å². The number of carboxylic acids is 1. The normalized spacial score (nSPS) is 13.8. The maximum Gasteiger partial charge on any atom is 0.320 e. The van der Waals surface area contributed by atoms with E-state index in [1.54, 1.807) is 7.11 Å². The van der Waals surface area contributed by atoms with Gasteiger partial charge in [-0.3, -0.25) is 4.79 Å². The molecule has 0 aliphatic carbocycles. The van der Waals surface area contributed by atoms with E-state index < -0.39 is 12.0 Å². The molecule has 0 aliphatic rings. The topological polar surface area (TPSA) is 72.5 Å². The van der Waals surface area contributed by atoms with Crippen molar-refractivity contribution in [2.24, 2.45) is 5.73 Å². The third-order valence-corrected chi connectivity index (χ3v) is 4.84. The maximum absolute atomic E-state index is 10.6. The second kappa shape index (κ2) is 8.07. The number of aryl methyl sites for hydroxylation is 1. The summed E-state index contributed by atoms with van der Waals surface area (Å²) in [5, 5.41) is 8.73. The first-order valence-corrected chi connectivity index (χ1v) is 8.21. The first kappa shape index (κ1) is 15.9. The summed E-state index contributed by atoms with van der Waals surface area (Å²) in [7, 11) is 1.86. The molecule has 0 aromatic heterocycles. The summed E-state index contributed by atoms with van der Waals surface area (Å²) in [4.78, 5) is 10.6. The van der Waals surface area contributed by atoms with E-state index in [1.807, 2.05) is 18.2 Å². The monoisotopic (exact) mass is 284 g/mol. The molecule has 0 radical (unpaired) electrons. The van der Waals surface area contributed by atoms with Gasteiger partial charge in [0.2, 0.25) is 0 Å². The molecule has 1 aromatic carbocycles. The SMILES string of the molecule is COc1ccccc1CC[S+](C)CCC(N)C(=O)O. The molecule has 19 heavy (non-hydrogen) atoms. The number of benzene rings is 1. The second-order valence-corrected chi connectivity index (χ2v) is 6.86. The predicted octanol–water partition coefficient (Wildman–Crippen LogP) is 1.29. The van der Waals surface area contributed by atoms with Crippen LogP contribution < -0.4 is 10.5 Å². The van der Waals surface area contributed by atoms with Crippen LogP contribution in [0.5, 0.6) is 5.75 Å². The van der Waals surface area contributed by atoms with Crippen LogP contribution in [0, 0.1) is 0 Å². The minimum Gasteiger partial charge on any atom is -0.496 e. The molecule has 0 fully saturated rings. The van der Waals surface area contributed by atoms with Gasteiger partial charge in [-0.15, -0.1) is 0 Å². The Bertz CT molecular complexity index is 411. The van der Waals surface area contributed by atoms with Gasteiger partial charge in [-0.1, -0.05) is 18.2 Å². The summed E-state index contributed by atoms with van der Waals surface area (Å²) in [6.45, 7) is 0. The third-order valence-electron chi connectivity index (χ3n) is 3.01.